The molecule has 0 radical (unpaired) electrons. The lowest BCUT2D eigenvalue weighted by Gasteiger charge is -2.32. The van der Waals surface area contributed by atoms with Gasteiger partial charge >= 0.3 is 6.09 Å². The van der Waals surface area contributed by atoms with E-state index in [2.05, 4.69) is 5.32 Å². The number of carbonyl (C=O) groups is 2. The molecule has 0 aliphatic carbocycles. The van der Waals surface area contributed by atoms with E-state index in [0.717, 1.165) is 18.6 Å². The second-order valence-electron chi connectivity index (χ2n) is 6.43. The first kappa shape index (κ1) is 20.0. The Balaban J connectivity index is 1.60. The number of hydrogen-bond acceptors (Lipinski definition) is 5. The number of likely N-dealkylation sites (N-methyl/N-ethyl adjacent to an activating group) is 1. The van der Waals surface area contributed by atoms with E-state index in [-0.39, 0.29) is 18.0 Å². The maximum atomic E-state index is 12.2. The van der Waals surface area contributed by atoms with Crippen molar-refractivity contribution in [3.8, 4) is 5.75 Å². The summed E-state index contributed by atoms with van der Waals surface area (Å²) in [6.07, 6.45) is 1.24. The van der Waals surface area contributed by atoms with E-state index in [1.165, 1.54) is 0 Å². The Morgan fingerprint density at radius 3 is 2.58 bits per heavy atom. The van der Waals surface area contributed by atoms with Gasteiger partial charge in [-0.15, -0.1) is 0 Å². The van der Waals surface area contributed by atoms with Gasteiger partial charge < -0.3 is 19.7 Å². The van der Waals surface area contributed by atoms with Gasteiger partial charge in [-0.3, -0.25) is 9.69 Å². The molecule has 1 heterocycles. The van der Waals surface area contributed by atoms with E-state index in [0.29, 0.717) is 39.4 Å². The van der Waals surface area contributed by atoms with Crippen molar-refractivity contribution >= 4 is 12.0 Å². The fourth-order valence-corrected chi connectivity index (χ4v) is 2.85. The van der Waals surface area contributed by atoms with Crippen molar-refractivity contribution in [2.24, 2.45) is 0 Å². The number of nitrogens with zero attached hydrogens (tertiary/aromatic N) is 2. The van der Waals surface area contributed by atoms with Crippen LogP contribution in [0.25, 0.3) is 0 Å². The first-order chi connectivity index (χ1) is 12.6. The van der Waals surface area contributed by atoms with Crippen LogP contribution in [0.4, 0.5) is 4.79 Å². The van der Waals surface area contributed by atoms with Gasteiger partial charge in [-0.2, -0.15) is 0 Å². The van der Waals surface area contributed by atoms with Crippen LogP contribution in [-0.4, -0.2) is 74.3 Å². The Labute approximate surface area is 155 Å². The second-order valence-corrected chi connectivity index (χ2v) is 6.43. The van der Waals surface area contributed by atoms with Gasteiger partial charge in [0, 0.05) is 25.7 Å². The molecule has 1 aromatic rings. The van der Waals surface area contributed by atoms with Crippen molar-refractivity contribution < 1.29 is 19.1 Å². The normalized spacial score (nSPS) is 15.0. The topological polar surface area (TPSA) is 71.1 Å². The fourth-order valence-electron chi connectivity index (χ4n) is 2.85. The number of likely N-dealkylation sites (tertiary alicyclic amines) is 1. The SMILES string of the molecule is CCOC(=O)N1CCC(NC(=O)CN(C)CCOc2ccccc2)CC1. The molecule has 0 atom stereocenters. The Bertz CT molecular complexity index is 559. The van der Waals surface area contributed by atoms with Crippen LogP contribution in [0.1, 0.15) is 19.8 Å². The van der Waals surface area contributed by atoms with Gasteiger partial charge in [0.1, 0.15) is 12.4 Å². The predicted octanol–water partition coefficient (Wildman–Crippen LogP) is 1.73. The molecular weight excluding hydrogens is 334 g/mol. The van der Waals surface area contributed by atoms with Crippen molar-refractivity contribution in [2.45, 2.75) is 25.8 Å². The molecule has 0 spiro atoms. The Morgan fingerprint density at radius 1 is 1.23 bits per heavy atom. The molecule has 7 heteroatoms. The lowest BCUT2D eigenvalue weighted by Crippen LogP contribution is -2.48. The lowest BCUT2D eigenvalue weighted by molar-refractivity contribution is -0.123. The van der Waals surface area contributed by atoms with E-state index >= 15 is 0 Å². The number of hydrogen-bond donors (Lipinski definition) is 1. The summed E-state index contributed by atoms with van der Waals surface area (Å²) in [6.45, 7) is 4.95. The summed E-state index contributed by atoms with van der Waals surface area (Å²) in [4.78, 5) is 27.5. The molecule has 144 valence electrons. The number of rotatable bonds is 8. The highest BCUT2D eigenvalue weighted by Gasteiger charge is 2.24. The standard InChI is InChI=1S/C19H29N3O4/c1-3-25-19(24)22-11-9-16(10-12-22)20-18(23)15-21(2)13-14-26-17-7-5-4-6-8-17/h4-8,16H,3,9-15H2,1-2H3,(H,20,23). The summed E-state index contributed by atoms with van der Waals surface area (Å²) >= 11 is 0. The van der Waals surface area contributed by atoms with Crippen LogP contribution in [0.5, 0.6) is 5.75 Å². The number of piperidine rings is 1. The van der Waals surface area contributed by atoms with E-state index in [4.69, 9.17) is 9.47 Å². The smallest absolute Gasteiger partial charge is 0.409 e. The quantitative estimate of drug-likeness (QED) is 0.762. The van der Waals surface area contributed by atoms with E-state index in [1.807, 2.05) is 42.3 Å². The Morgan fingerprint density at radius 2 is 1.92 bits per heavy atom. The monoisotopic (exact) mass is 363 g/mol. The van der Waals surface area contributed by atoms with Gasteiger partial charge in [-0.05, 0) is 38.9 Å². The Hall–Kier alpha value is -2.28. The fraction of sp³-hybridized carbons (Fsp3) is 0.579. The number of benzene rings is 1. The van der Waals surface area contributed by atoms with E-state index in [1.54, 1.807) is 11.8 Å². The predicted molar refractivity (Wildman–Crippen MR) is 99.2 cm³/mol. The third-order valence-corrected chi connectivity index (χ3v) is 4.28. The summed E-state index contributed by atoms with van der Waals surface area (Å²) in [5.41, 5.74) is 0. The summed E-state index contributed by atoms with van der Waals surface area (Å²) in [7, 11) is 1.90. The van der Waals surface area contributed by atoms with Gasteiger partial charge in [0.15, 0.2) is 0 Å². The van der Waals surface area contributed by atoms with Crippen LogP contribution >= 0.6 is 0 Å². The lowest BCUT2D eigenvalue weighted by atomic mass is 10.1. The van der Waals surface area contributed by atoms with E-state index in [9.17, 15) is 9.59 Å². The van der Waals surface area contributed by atoms with Crippen molar-refractivity contribution in [2.75, 3.05) is 46.4 Å². The summed E-state index contributed by atoms with van der Waals surface area (Å²) in [5.74, 6) is 0.834. The van der Waals surface area contributed by atoms with Crippen molar-refractivity contribution in [1.29, 1.82) is 0 Å². The van der Waals surface area contributed by atoms with Gasteiger partial charge in [-0.1, -0.05) is 18.2 Å². The van der Waals surface area contributed by atoms with Gasteiger partial charge in [-0.25, -0.2) is 4.79 Å². The number of para-hydroxylation sites is 1. The number of ether oxygens (including phenoxy) is 2. The summed E-state index contributed by atoms with van der Waals surface area (Å²) < 4.78 is 10.6. The minimum atomic E-state index is -0.268. The van der Waals surface area contributed by atoms with Crippen LogP contribution in [0, 0.1) is 0 Å². The van der Waals surface area contributed by atoms with Crippen LogP contribution < -0.4 is 10.1 Å². The molecule has 1 aromatic carbocycles. The third-order valence-electron chi connectivity index (χ3n) is 4.28. The molecule has 1 saturated heterocycles. The third kappa shape index (κ3) is 6.92. The molecule has 0 aromatic heterocycles. The number of amides is 2. The molecule has 1 fully saturated rings. The zero-order valence-electron chi connectivity index (χ0n) is 15.6. The molecule has 26 heavy (non-hydrogen) atoms. The van der Waals surface area contributed by atoms with Crippen molar-refractivity contribution in [3.63, 3.8) is 0 Å². The number of carbonyl (C=O) groups excluding carboxylic acids is 2. The molecule has 7 nitrogen and oxygen atoms in total. The molecule has 0 unspecified atom stereocenters. The molecule has 1 aliphatic heterocycles. The first-order valence-electron chi connectivity index (χ1n) is 9.16. The van der Waals surface area contributed by atoms with Gasteiger partial charge in [0.25, 0.3) is 0 Å². The molecular formula is C19H29N3O4. The molecule has 0 bridgehead atoms. The van der Waals surface area contributed by atoms with Gasteiger partial charge in [0.2, 0.25) is 5.91 Å². The molecule has 2 amide bonds. The minimum absolute atomic E-state index is 0.00166. The van der Waals surface area contributed by atoms with Crippen LogP contribution in [-0.2, 0) is 9.53 Å². The molecule has 2 rings (SSSR count). The number of nitrogens with one attached hydrogen (secondary N) is 1. The summed E-state index contributed by atoms with van der Waals surface area (Å²) in [5, 5.41) is 3.05. The highest BCUT2D eigenvalue weighted by atomic mass is 16.6. The maximum Gasteiger partial charge on any atom is 0.409 e. The van der Waals surface area contributed by atoms with Crippen molar-refractivity contribution in [1.82, 2.24) is 15.1 Å². The Kier molecular flexibility index (Phi) is 8.21. The molecule has 1 N–H and O–H groups in total. The van der Waals surface area contributed by atoms with Crippen LogP contribution in [0.15, 0.2) is 30.3 Å². The molecule has 0 saturated carbocycles. The van der Waals surface area contributed by atoms with Crippen molar-refractivity contribution in [3.05, 3.63) is 30.3 Å². The average molecular weight is 363 g/mol. The first-order valence-corrected chi connectivity index (χ1v) is 9.16. The largest absolute Gasteiger partial charge is 0.492 e. The zero-order valence-corrected chi connectivity index (χ0v) is 15.6. The maximum absolute atomic E-state index is 12.2. The highest BCUT2D eigenvalue weighted by molar-refractivity contribution is 5.78. The van der Waals surface area contributed by atoms with Gasteiger partial charge in [0.05, 0.1) is 13.2 Å². The van der Waals surface area contributed by atoms with Crippen LogP contribution in [0.3, 0.4) is 0 Å². The zero-order chi connectivity index (χ0) is 18.8. The summed E-state index contributed by atoms with van der Waals surface area (Å²) in [6, 6.07) is 9.74. The average Bonchev–Trinajstić information content (AvgIpc) is 2.63. The molecule has 1 aliphatic rings. The van der Waals surface area contributed by atoms with E-state index < -0.39 is 0 Å². The highest BCUT2D eigenvalue weighted by Crippen LogP contribution is 2.11. The van der Waals surface area contributed by atoms with Crippen LogP contribution in [0.2, 0.25) is 0 Å². The second kappa shape index (κ2) is 10.7. The minimum Gasteiger partial charge on any atom is -0.492 e.